The van der Waals surface area contributed by atoms with E-state index in [9.17, 15) is 25.9 Å². The van der Waals surface area contributed by atoms with Crippen molar-refractivity contribution in [3.63, 3.8) is 0 Å². The molecule has 0 radical (unpaired) electrons. The lowest BCUT2D eigenvalue weighted by Gasteiger charge is -2.47. The van der Waals surface area contributed by atoms with Crippen LogP contribution in [0.2, 0.25) is 5.02 Å². The van der Waals surface area contributed by atoms with Crippen LogP contribution >= 0.6 is 34.7 Å². The van der Waals surface area contributed by atoms with Gasteiger partial charge in [0.05, 0.1) is 35.4 Å². The first kappa shape index (κ1) is 27.0. The molecule has 1 spiro atoms. The Kier molecular flexibility index (Phi) is 6.71. The van der Waals surface area contributed by atoms with E-state index in [1.54, 1.807) is 12.1 Å². The highest BCUT2D eigenvalue weighted by atomic mass is 35.5. The number of nitrogens with zero attached hydrogens (tertiary/aromatic N) is 3. The van der Waals surface area contributed by atoms with Gasteiger partial charge in [-0.25, -0.2) is 4.48 Å². The van der Waals surface area contributed by atoms with Crippen LogP contribution in [0.5, 0.6) is 0 Å². The van der Waals surface area contributed by atoms with E-state index in [0.717, 1.165) is 36.5 Å². The van der Waals surface area contributed by atoms with Gasteiger partial charge in [0.2, 0.25) is 10.9 Å². The van der Waals surface area contributed by atoms with Crippen LogP contribution in [0.15, 0.2) is 70.8 Å². The lowest BCUT2D eigenvalue weighted by atomic mass is 10.1. The molecule has 2 N–H and O–H groups in total. The van der Waals surface area contributed by atoms with Crippen LogP contribution < -0.4 is 9.05 Å². The second-order valence-electron chi connectivity index (χ2n) is 9.52. The number of thioether (sulfide) groups is 1. The zero-order valence-electron chi connectivity index (χ0n) is 20.3. The molecule has 2 aromatic heterocycles. The predicted molar refractivity (Wildman–Crippen MR) is 154 cm³/mol. The van der Waals surface area contributed by atoms with Crippen LogP contribution in [0.3, 0.4) is 0 Å². The van der Waals surface area contributed by atoms with E-state index in [1.807, 2.05) is 64.0 Å². The first-order valence-electron chi connectivity index (χ1n) is 12.0. The highest BCUT2D eigenvalue weighted by Crippen LogP contribution is 2.58. The molecule has 39 heavy (non-hydrogen) atoms. The first-order chi connectivity index (χ1) is 18.5. The quantitative estimate of drug-likeness (QED) is 0.170. The topological polar surface area (TPSA) is 118 Å². The Bertz CT molecular complexity index is 1850. The Hall–Kier alpha value is -2.23. The van der Waals surface area contributed by atoms with E-state index < -0.39 is 25.6 Å². The molecule has 1 fully saturated rings. The van der Waals surface area contributed by atoms with E-state index in [4.69, 9.17) is 11.6 Å². The number of fused-ring (bicyclic) bond motifs is 3. The molecule has 0 bridgehead atoms. The van der Waals surface area contributed by atoms with Crippen molar-refractivity contribution in [3.05, 3.63) is 76.0 Å². The van der Waals surface area contributed by atoms with Crippen molar-refractivity contribution in [1.29, 1.82) is 0 Å². The summed E-state index contributed by atoms with van der Waals surface area (Å²) in [5.74, 6) is -0.388. The minimum atomic E-state index is -4.37. The molecule has 204 valence electrons. The average Bonchev–Trinajstić information content (AvgIpc) is 3.53. The molecule has 2 atom stereocenters. The maximum absolute atomic E-state index is 12.6. The first-order valence-corrected chi connectivity index (χ1v) is 17.2. The summed E-state index contributed by atoms with van der Waals surface area (Å²) in [6.45, 7) is 0.807. The van der Waals surface area contributed by atoms with Gasteiger partial charge in [-0.05, 0) is 48.2 Å². The normalized spacial score (nSPS) is 22.0. The summed E-state index contributed by atoms with van der Waals surface area (Å²) in [7, 11) is -8.49. The van der Waals surface area contributed by atoms with Gasteiger partial charge in [-0.1, -0.05) is 22.9 Å². The molecule has 2 aliphatic rings. The van der Waals surface area contributed by atoms with Gasteiger partial charge >= 0.3 is 10.1 Å². The van der Waals surface area contributed by atoms with E-state index in [0.29, 0.717) is 24.5 Å². The smallest absolute Gasteiger partial charge is 0.320 e. The summed E-state index contributed by atoms with van der Waals surface area (Å²) in [5.41, 5.74) is 2.51. The zero-order chi connectivity index (χ0) is 27.6. The minimum absolute atomic E-state index is 0.00599. The second kappa shape index (κ2) is 9.70. The van der Waals surface area contributed by atoms with E-state index in [-0.39, 0.29) is 16.7 Å². The lowest BCUT2D eigenvalue weighted by Crippen LogP contribution is -2.66. The van der Waals surface area contributed by atoms with Crippen LogP contribution in [-0.2, 0) is 26.8 Å². The second-order valence-corrected chi connectivity index (χ2v) is 15.2. The number of thiazole rings is 1. The van der Waals surface area contributed by atoms with Crippen LogP contribution in [-0.4, -0.2) is 48.2 Å². The molecule has 6 rings (SSSR count). The number of rotatable bonds is 7. The largest absolute Gasteiger partial charge is 0.324 e. The van der Waals surface area contributed by atoms with Crippen LogP contribution in [0, 0.1) is 0 Å². The van der Waals surface area contributed by atoms with E-state index >= 15 is 0 Å². The summed E-state index contributed by atoms with van der Waals surface area (Å²) in [6, 6.07) is 15.2. The molecule has 0 saturated carbocycles. The number of halogens is 1. The monoisotopic (exact) mass is 625 g/mol. The minimum Gasteiger partial charge on any atom is -0.324 e. The van der Waals surface area contributed by atoms with E-state index in [2.05, 4.69) is 0 Å². The van der Waals surface area contributed by atoms with Gasteiger partial charge in [-0.3, -0.25) is 9.11 Å². The van der Waals surface area contributed by atoms with Gasteiger partial charge in [0, 0.05) is 36.0 Å². The van der Waals surface area contributed by atoms with Crippen LogP contribution in [0.1, 0.15) is 17.8 Å². The third-order valence-electron chi connectivity index (χ3n) is 7.17. The molecule has 0 amide bonds. The Morgan fingerprint density at radius 3 is 2.54 bits per heavy atom. The van der Waals surface area contributed by atoms with Gasteiger partial charge in [-0.2, -0.15) is 21.4 Å². The fourth-order valence-electron chi connectivity index (χ4n) is 5.35. The Labute approximate surface area is 239 Å². The Balaban J connectivity index is 1.50. The SMILES string of the molecule is O=S(=O)(O)CCC[n+]1c(/C=C2\Sc3ccc(-n4cccc4)cc3[N+]23CCC3S(=O)(=O)O)sc2ccc(Cl)cc21. The van der Waals surface area contributed by atoms with Crippen molar-refractivity contribution < 1.29 is 30.5 Å². The molecule has 9 nitrogen and oxygen atoms in total. The molecule has 0 aliphatic carbocycles. The number of benzene rings is 2. The predicted octanol–water partition coefficient (Wildman–Crippen LogP) is 4.94. The van der Waals surface area contributed by atoms with Gasteiger partial charge < -0.3 is 4.57 Å². The summed E-state index contributed by atoms with van der Waals surface area (Å²) >= 11 is 9.22. The van der Waals surface area contributed by atoms with Gasteiger partial charge in [-0.15, -0.1) is 0 Å². The third-order valence-corrected chi connectivity index (χ3v) is 11.8. The maximum Gasteiger partial charge on any atom is 0.320 e. The van der Waals surface area contributed by atoms with E-state index in [1.165, 1.54) is 23.1 Å². The average molecular weight is 626 g/mol. The fraction of sp³-hybridized carbons (Fsp3) is 0.240. The Morgan fingerprint density at radius 1 is 1.10 bits per heavy atom. The molecule has 14 heteroatoms. The summed E-state index contributed by atoms with van der Waals surface area (Å²) in [5, 5.41) is 1.03. The lowest BCUT2D eigenvalue weighted by molar-refractivity contribution is -0.668. The fourth-order valence-corrected chi connectivity index (χ4v) is 9.78. The van der Waals surface area contributed by atoms with Crippen molar-refractivity contribution >= 4 is 76.9 Å². The number of hydrogen-bond donors (Lipinski definition) is 2. The molecule has 1 saturated heterocycles. The van der Waals surface area contributed by atoms with Gasteiger partial charge in [0.15, 0.2) is 17.3 Å². The highest BCUT2D eigenvalue weighted by molar-refractivity contribution is 8.03. The molecule has 4 aromatic rings. The summed E-state index contributed by atoms with van der Waals surface area (Å²) < 4.78 is 72.2. The molecule has 2 unspecified atom stereocenters. The molecular formula is C25H24ClN3O6S4+2. The van der Waals surface area contributed by atoms with Crippen molar-refractivity contribution in [2.24, 2.45) is 0 Å². The third kappa shape index (κ3) is 4.84. The van der Waals surface area contributed by atoms with Crippen LogP contribution in [0.25, 0.3) is 22.0 Å². The molecule has 4 heterocycles. The number of aromatic nitrogens is 2. The number of hydrogen-bond acceptors (Lipinski definition) is 6. The molecule has 2 aliphatic heterocycles. The van der Waals surface area contributed by atoms with Crippen molar-refractivity contribution in [2.75, 3.05) is 12.3 Å². The summed E-state index contributed by atoms with van der Waals surface area (Å²) in [6.07, 6.45) is 6.27. The number of quaternary nitrogens is 1. The standard InChI is InChI=1S/C25H22ClN3O6S4/c26-17-4-6-21-19(14-17)28(11-3-13-38(30,31)32)23(36-21)16-24-29(12-8-25(29)39(33,34)35)20-15-18(5-7-22(20)37-24)27-9-1-2-10-27/h1-2,4-7,9-10,14-16,25H,3,8,11-13H2/p+2/b24-16-. The van der Waals surface area contributed by atoms with Crippen molar-refractivity contribution in [1.82, 2.24) is 9.05 Å². The summed E-state index contributed by atoms with van der Waals surface area (Å²) in [4.78, 5) is 0.910. The number of aryl methyl sites for hydroxylation is 1. The van der Waals surface area contributed by atoms with Crippen molar-refractivity contribution in [2.45, 2.75) is 29.7 Å². The highest BCUT2D eigenvalue weighted by Gasteiger charge is 2.62. The van der Waals surface area contributed by atoms with Gasteiger partial charge in [0.1, 0.15) is 4.70 Å². The Morgan fingerprint density at radius 2 is 1.87 bits per heavy atom. The zero-order valence-corrected chi connectivity index (χ0v) is 24.4. The maximum atomic E-state index is 12.6. The molecular weight excluding hydrogens is 602 g/mol. The van der Waals surface area contributed by atoms with Crippen molar-refractivity contribution in [3.8, 4) is 5.69 Å². The van der Waals surface area contributed by atoms with Gasteiger partial charge in [0.25, 0.3) is 15.1 Å². The van der Waals surface area contributed by atoms with Crippen LogP contribution in [0.4, 0.5) is 5.69 Å². The molecule has 2 aromatic carbocycles.